The summed E-state index contributed by atoms with van der Waals surface area (Å²) in [6, 6.07) is 13.0. The molecular weight excluding hydrogens is 1640 g/mol. The van der Waals surface area contributed by atoms with E-state index >= 15 is 8.78 Å². The first-order valence-corrected chi connectivity index (χ1v) is 43.8. The molecule has 11 rings (SSSR count). The van der Waals surface area contributed by atoms with Crippen molar-refractivity contribution >= 4 is 53.2 Å². The Morgan fingerprint density at radius 1 is 0.571 bits per heavy atom. The lowest BCUT2D eigenvalue weighted by Gasteiger charge is -2.47. The van der Waals surface area contributed by atoms with Gasteiger partial charge in [0.25, 0.3) is 11.3 Å². The van der Waals surface area contributed by atoms with Crippen molar-refractivity contribution in [1.29, 1.82) is 0 Å². The van der Waals surface area contributed by atoms with E-state index in [2.05, 4.69) is 30.8 Å². The van der Waals surface area contributed by atoms with Crippen LogP contribution in [-0.2, 0) is 80.9 Å². The molecule has 33 nitrogen and oxygen atoms in total. The average Bonchev–Trinajstić information content (AvgIpc) is 1.45. The lowest BCUT2D eigenvalue weighted by Crippen LogP contribution is -2.61. The highest BCUT2D eigenvalue weighted by molar-refractivity contribution is 6.08. The van der Waals surface area contributed by atoms with Gasteiger partial charge in [-0.05, 0) is 171 Å². The average molecular weight is 1770 g/mol. The van der Waals surface area contributed by atoms with Crippen LogP contribution in [0.5, 0.6) is 0 Å². The van der Waals surface area contributed by atoms with Crippen molar-refractivity contribution in [3.8, 4) is 22.5 Å². The second-order valence-corrected chi connectivity index (χ2v) is 36.1. The van der Waals surface area contributed by atoms with E-state index in [1.807, 2.05) is 111 Å². The highest BCUT2D eigenvalue weighted by Gasteiger charge is 2.61. The number of alkyl halides is 2. The number of nitrogens with one attached hydrogen (secondary N) is 2. The van der Waals surface area contributed by atoms with E-state index in [1.165, 1.54) is 38.1 Å². The highest BCUT2D eigenvalue weighted by Crippen LogP contribution is 2.44. The molecule has 28 atom stereocenters. The molecule has 10 heterocycles. The molecule has 0 aliphatic carbocycles. The molecule has 6 saturated heterocycles. The zero-order chi connectivity index (χ0) is 92.5. The molecule has 694 valence electrons. The maximum absolute atomic E-state index is 17.1. The molecule has 0 radical (unpaired) electrons. The molecule has 1 aromatic carbocycles. The number of ketones is 4. The van der Waals surface area contributed by atoms with Crippen LogP contribution in [-0.4, -0.2) is 283 Å². The summed E-state index contributed by atoms with van der Waals surface area (Å²) in [5, 5.41) is 13.9. The first-order chi connectivity index (χ1) is 59.5. The maximum atomic E-state index is 17.1. The number of nitrogens with zero attached hydrogens (tertiary/aromatic N) is 10. The van der Waals surface area contributed by atoms with Crippen LogP contribution in [0.1, 0.15) is 185 Å². The quantitative estimate of drug-likeness (QED) is 0.0293. The van der Waals surface area contributed by atoms with Crippen LogP contribution in [0.25, 0.3) is 22.5 Å². The van der Waals surface area contributed by atoms with E-state index < -0.39 is 185 Å². The number of carbonyl (C=O) groups is 9. The molecule has 0 bridgehead atoms. The molecule has 35 heteroatoms. The number of aliphatic hydroxyl groups excluding tert-OH is 1. The van der Waals surface area contributed by atoms with Gasteiger partial charge in [0.15, 0.2) is 42.5 Å². The zero-order valence-electron chi connectivity index (χ0n) is 76.6. The second-order valence-electron chi connectivity index (χ2n) is 36.1. The Hall–Kier alpha value is -9.01. The lowest BCUT2D eigenvalue weighted by atomic mass is 9.75. The number of aromatic nitrogens is 6. The van der Waals surface area contributed by atoms with Crippen molar-refractivity contribution in [3.63, 3.8) is 0 Å². The van der Waals surface area contributed by atoms with E-state index in [9.17, 15) is 48.3 Å². The minimum Gasteiger partial charge on any atom is -0.456 e. The van der Waals surface area contributed by atoms with Crippen LogP contribution in [0.3, 0.4) is 0 Å². The fourth-order valence-electron chi connectivity index (χ4n) is 18.5. The standard InChI is InChI=1S/C49H67FN6O11.C42H63FN6O10/c1-12-37-41-38(56(47(61)66-41)53-22-20-29(3)55-26-35(52-27-55)34-19-16-21-51-25-34)31(5)39(57)28(2)24-48(7,62-11)43(32(6)42(58)49(8,50)46(60)64-37)67-45-40(36(54(9)10)23-30(4)63-45)65-44(59)33-17-14-13-15-18-33;1-12-31-35-32(49(40(54)58-35)46-17-15-24(3)48-21-29(45-22-48)28-14-13-16-44-20-28)26(5)33(50)23(2)19-41(7,55-11)37(27(6)36(52)42(8,43)39(53)57-31)59-38-34(51)30(47(9)10)18-25(4)56-38/h13-19,21,25-32,36-38,40-41,43,45,53H,12,20,22-24H2,1-11H3;13-14,16,20-27,30-32,34-35,37-38,46,51H,12,15,17-19H2,1-11H3/t28-,29?,30-,31-,32+,36+,37-,38-,40-,41?,43-,45?,48+,49+;23-,24?,25-,26-,27+,30+,31-,32-,34-,35?,37-,38?,41+,42+/m11/s1. The van der Waals surface area contributed by atoms with Gasteiger partial charge in [0, 0.05) is 129 Å². The van der Waals surface area contributed by atoms with Crippen LogP contribution >= 0.6 is 0 Å². The Bertz CT molecular complexity index is 4530. The number of imidazole rings is 2. The number of amides is 2. The normalized spacial score (nSPS) is 35.2. The van der Waals surface area contributed by atoms with Gasteiger partial charge in [-0.25, -0.2) is 63.6 Å². The summed E-state index contributed by atoms with van der Waals surface area (Å²) in [4.78, 5) is 148. The molecule has 6 aliphatic rings. The van der Waals surface area contributed by atoms with Gasteiger partial charge in [0.05, 0.1) is 71.3 Å². The summed E-state index contributed by atoms with van der Waals surface area (Å²) in [6.07, 6.45) is 1.51. The number of halogens is 2. The minimum atomic E-state index is -3.23. The summed E-state index contributed by atoms with van der Waals surface area (Å²) in [5.41, 5.74) is 0.488. The van der Waals surface area contributed by atoms with Crippen molar-refractivity contribution in [2.75, 3.05) is 55.5 Å². The number of ether oxygens (including phenoxy) is 11. The molecule has 6 fully saturated rings. The number of likely N-dealkylation sites (N-methyl/N-ethyl adjacent to an activating group) is 2. The molecule has 6 aliphatic heterocycles. The molecule has 3 N–H and O–H groups in total. The number of aliphatic hydroxyl groups is 1. The number of benzene rings is 1. The van der Waals surface area contributed by atoms with E-state index in [4.69, 9.17) is 52.1 Å². The number of hydrogen-bond donors (Lipinski definition) is 3. The van der Waals surface area contributed by atoms with Gasteiger partial charge in [-0.3, -0.25) is 29.1 Å². The number of rotatable bonds is 24. The Morgan fingerprint density at radius 3 is 1.37 bits per heavy atom. The van der Waals surface area contributed by atoms with E-state index in [0.717, 1.165) is 36.4 Å². The highest BCUT2D eigenvalue weighted by atomic mass is 19.1. The van der Waals surface area contributed by atoms with Gasteiger partial charge in [0.2, 0.25) is 0 Å². The van der Waals surface area contributed by atoms with Crippen molar-refractivity contribution in [3.05, 3.63) is 110 Å². The van der Waals surface area contributed by atoms with Gasteiger partial charge in [-0.1, -0.05) is 73.6 Å². The van der Waals surface area contributed by atoms with Crippen molar-refractivity contribution in [2.24, 2.45) is 35.5 Å². The summed E-state index contributed by atoms with van der Waals surface area (Å²) >= 11 is 0. The van der Waals surface area contributed by atoms with Gasteiger partial charge in [-0.2, -0.15) is 0 Å². The Morgan fingerprint density at radius 2 is 0.976 bits per heavy atom. The predicted molar refractivity (Wildman–Crippen MR) is 456 cm³/mol. The number of fused-ring (bicyclic) bond motifs is 2. The first-order valence-electron chi connectivity index (χ1n) is 43.8. The Balaban J connectivity index is 0.000000265. The largest absolute Gasteiger partial charge is 0.456 e. The Labute approximate surface area is 736 Å². The van der Waals surface area contributed by atoms with Crippen LogP contribution in [0.2, 0.25) is 0 Å². The molecule has 0 spiro atoms. The van der Waals surface area contributed by atoms with Crippen LogP contribution < -0.4 is 10.9 Å². The lowest BCUT2D eigenvalue weighted by molar-refractivity contribution is -0.295. The Kier molecular flexibility index (Phi) is 33.1. The van der Waals surface area contributed by atoms with Crippen LogP contribution in [0.15, 0.2) is 104 Å². The van der Waals surface area contributed by atoms with E-state index in [1.54, 1.807) is 123 Å². The predicted octanol–water partition coefficient (Wildman–Crippen LogP) is 10.5. The topological polar surface area (TPSA) is 374 Å². The number of hydrazine groups is 2. The summed E-state index contributed by atoms with van der Waals surface area (Å²) in [5.74, 6) is -12.7. The van der Waals surface area contributed by atoms with E-state index in [0.29, 0.717) is 31.2 Å². The third kappa shape index (κ3) is 21.9. The third-order valence-electron chi connectivity index (χ3n) is 26.2. The van der Waals surface area contributed by atoms with Gasteiger partial charge < -0.3 is 76.1 Å². The van der Waals surface area contributed by atoms with Crippen LogP contribution in [0.4, 0.5) is 18.4 Å². The number of methoxy groups -OCH3 is 2. The number of pyridine rings is 2. The van der Waals surface area contributed by atoms with Crippen molar-refractivity contribution in [2.45, 2.75) is 295 Å². The fraction of sp³-hybridized carbons (Fsp3) is 0.659. The third-order valence-corrected chi connectivity index (χ3v) is 26.2. The number of cyclic esters (lactones) is 2. The SMILES string of the molecule is CC[C@H]1OC(=O)[C@@](C)(F)C(=O)[C@H](C)[C@@H](OC2O[C@H](C)C[C@H](N(C)C)[C@H]2O)[C@@](C)(OC)C[C@@H](C)C(=O)[C@H](C)[C@@H]2C1OC(=O)N2NCCC(C)n1cnc(-c2cccnc2)c1.CC[C@H]1OC(=O)[C@@](C)(F)C(=O)[C@H](C)[C@@H](OC2O[C@H](C)C[C@H](N(C)C)[C@H]2OC(=O)c2ccccc2)[C@@](C)(OC)C[C@@H](C)C(=O)[C@H](C)[C@@H]2C1OC(=O)N2NCCC(C)n1cnc(-c2cccnc2)c1. The molecule has 0 saturated carbocycles. The van der Waals surface area contributed by atoms with Crippen LogP contribution in [0, 0.1) is 35.5 Å². The molecule has 126 heavy (non-hydrogen) atoms. The van der Waals surface area contributed by atoms with Gasteiger partial charge in [0.1, 0.15) is 42.0 Å². The maximum Gasteiger partial charge on any atom is 0.425 e. The summed E-state index contributed by atoms with van der Waals surface area (Å²) in [6.45, 7) is 26.2. The van der Waals surface area contributed by atoms with Gasteiger partial charge in [-0.15, -0.1) is 0 Å². The monoisotopic (exact) mass is 1760 g/mol. The zero-order valence-corrected chi connectivity index (χ0v) is 76.6. The molecule has 4 aromatic heterocycles. The van der Waals surface area contributed by atoms with Crippen molar-refractivity contribution in [1.82, 2.24) is 59.7 Å². The summed E-state index contributed by atoms with van der Waals surface area (Å²) < 4.78 is 105. The van der Waals surface area contributed by atoms with Crippen molar-refractivity contribution < 1.29 is 109 Å². The number of Topliss-reactive ketones (excluding diaryl/α,β-unsaturated/α-hetero) is 4. The summed E-state index contributed by atoms with van der Waals surface area (Å²) in [7, 11) is 10.1. The smallest absolute Gasteiger partial charge is 0.425 e. The fourth-order valence-corrected chi connectivity index (χ4v) is 18.5. The first kappa shape index (κ1) is 99.2. The number of esters is 3. The van der Waals surface area contributed by atoms with E-state index in [-0.39, 0.29) is 74.6 Å². The number of hydrogen-bond acceptors (Lipinski definition) is 29. The number of carbonyl (C=O) groups excluding carboxylic acids is 9. The second kappa shape index (κ2) is 42.0. The minimum absolute atomic E-state index is 0.0157. The van der Waals surface area contributed by atoms with Gasteiger partial charge >= 0.3 is 30.1 Å². The molecule has 6 unspecified atom stereocenters. The molecular formula is C91H130F2N12O21. The molecule has 5 aromatic rings. The molecule has 2 amide bonds.